The molecule has 1 spiro atoms. The van der Waals surface area contributed by atoms with Crippen LogP contribution in [0.15, 0.2) is 24.3 Å². The first kappa shape index (κ1) is 21.6. The maximum absolute atomic E-state index is 12.3. The summed E-state index contributed by atoms with van der Waals surface area (Å²) in [6.45, 7) is 6.58. The molecule has 0 saturated carbocycles. The van der Waals surface area contributed by atoms with E-state index in [0.717, 1.165) is 44.5 Å². The van der Waals surface area contributed by atoms with Crippen molar-refractivity contribution in [2.24, 2.45) is 5.41 Å². The third-order valence-electron chi connectivity index (χ3n) is 6.23. The van der Waals surface area contributed by atoms with Crippen molar-refractivity contribution in [3.8, 4) is 0 Å². The number of nitrogens with one attached hydrogen (secondary N) is 1. The Morgan fingerprint density at radius 2 is 1.71 bits per heavy atom. The fraction of sp³-hybridized carbons (Fsp3) is 0.650. The Kier molecular flexibility index (Phi) is 6.11. The summed E-state index contributed by atoms with van der Waals surface area (Å²) < 4.78 is 26.3. The van der Waals surface area contributed by atoms with E-state index in [1.54, 1.807) is 28.6 Å². The number of carbonyl (C=O) groups is 1. The molecule has 6 nitrogen and oxygen atoms in total. The molecule has 0 radical (unpaired) electrons. The number of rotatable bonds is 4. The highest BCUT2D eigenvalue weighted by Gasteiger charge is 2.47. The van der Waals surface area contributed by atoms with Crippen LogP contribution in [0.25, 0.3) is 0 Å². The molecule has 1 aromatic rings. The van der Waals surface area contributed by atoms with Gasteiger partial charge >= 0.3 is 0 Å². The van der Waals surface area contributed by atoms with E-state index in [1.807, 2.05) is 13.8 Å². The van der Waals surface area contributed by atoms with Crippen molar-refractivity contribution in [3.05, 3.63) is 29.3 Å². The van der Waals surface area contributed by atoms with Crippen LogP contribution in [0.2, 0.25) is 5.02 Å². The molecular formula is C20H30ClN3O3S. The number of hydrogen-bond acceptors (Lipinski definition) is 4. The standard InChI is InChI=1S/C20H30ClN3O3S/c1-19(2)8-9-20(15-24(19)28(3,26)27)10-12-23(13-11-20)14-18(25)22-17-6-4-16(21)5-7-17/h4-7H,8-15H2,1-3H3,(H,22,25). The number of amides is 1. The first-order valence-corrected chi connectivity index (χ1v) is 12.0. The zero-order valence-corrected chi connectivity index (χ0v) is 18.4. The van der Waals surface area contributed by atoms with E-state index in [9.17, 15) is 13.2 Å². The Bertz CT molecular complexity index is 816. The monoisotopic (exact) mass is 427 g/mol. The number of piperidine rings is 2. The average Bonchev–Trinajstić information content (AvgIpc) is 2.60. The van der Waals surface area contributed by atoms with Gasteiger partial charge < -0.3 is 5.32 Å². The van der Waals surface area contributed by atoms with Crippen molar-refractivity contribution in [2.45, 2.75) is 45.1 Å². The molecule has 0 aliphatic carbocycles. The molecule has 0 unspecified atom stereocenters. The molecule has 156 valence electrons. The highest BCUT2D eigenvalue weighted by molar-refractivity contribution is 7.88. The molecule has 2 fully saturated rings. The summed E-state index contributed by atoms with van der Waals surface area (Å²) in [5.74, 6) is -0.0409. The number of benzene rings is 1. The molecule has 1 amide bonds. The predicted molar refractivity (Wildman–Crippen MR) is 113 cm³/mol. The average molecular weight is 428 g/mol. The molecule has 1 N–H and O–H groups in total. The zero-order valence-electron chi connectivity index (χ0n) is 16.9. The maximum Gasteiger partial charge on any atom is 0.238 e. The summed E-state index contributed by atoms with van der Waals surface area (Å²) in [5, 5.41) is 3.54. The van der Waals surface area contributed by atoms with Crippen molar-refractivity contribution in [1.82, 2.24) is 9.21 Å². The van der Waals surface area contributed by atoms with Crippen LogP contribution in [0.3, 0.4) is 0 Å². The van der Waals surface area contributed by atoms with Crippen LogP contribution in [0.1, 0.15) is 39.5 Å². The third-order valence-corrected chi connectivity index (χ3v) is 7.91. The highest BCUT2D eigenvalue weighted by atomic mass is 35.5. The summed E-state index contributed by atoms with van der Waals surface area (Å²) in [5.41, 5.74) is 0.442. The lowest BCUT2D eigenvalue weighted by molar-refractivity contribution is -0.118. The van der Waals surface area contributed by atoms with Crippen LogP contribution in [0.5, 0.6) is 0 Å². The Balaban J connectivity index is 1.55. The van der Waals surface area contributed by atoms with E-state index in [-0.39, 0.29) is 16.9 Å². The Morgan fingerprint density at radius 1 is 1.11 bits per heavy atom. The van der Waals surface area contributed by atoms with Gasteiger partial charge in [-0.2, -0.15) is 4.31 Å². The smallest absolute Gasteiger partial charge is 0.238 e. The zero-order chi connectivity index (χ0) is 20.6. The fourth-order valence-corrected chi connectivity index (χ4v) is 6.01. The molecule has 2 aliphatic heterocycles. The van der Waals surface area contributed by atoms with E-state index < -0.39 is 10.0 Å². The third kappa shape index (κ3) is 5.06. The van der Waals surface area contributed by atoms with Gasteiger partial charge in [0.15, 0.2) is 0 Å². The number of carbonyl (C=O) groups excluding carboxylic acids is 1. The number of halogens is 1. The molecule has 2 saturated heterocycles. The van der Waals surface area contributed by atoms with Gasteiger partial charge in [0.1, 0.15) is 0 Å². The second-order valence-electron chi connectivity index (χ2n) is 8.91. The minimum atomic E-state index is -3.23. The van der Waals surface area contributed by atoms with Crippen LogP contribution in [0, 0.1) is 5.41 Å². The number of anilines is 1. The van der Waals surface area contributed by atoms with E-state index >= 15 is 0 Å². The molecule has 2 aliphatic rings. The minimum absolute atomic E-state index is 0.0295. The van der Waals surface area contributed by atoms with Gasteiger partial charge in [-0.15, -0.1) is 0 Å². The molecule has 2 heterocycles. The van der Waals surface area contributed by atoms with Gasteiger partial charge in [0.25, 0.3) is 0 Å². The lowest BCUT2D eigenvalue weighted by Gasteiger charge is -2.52. The summed E-state index contributed by atoms with van der Waals surface area (Å²) in [7, 11) is -3.23. The number of likely N-dealkylation sites (tertiary alicyclic amines) is 1. The lowest BCUT2D eigenvalue weighted by Crippen LogP contribution is -2.58. The van der Waals surface area contributed by atoms with Crippen LogP contribution in [-0.2, 0) is 14.8 Å². The van der Waals surface area contributed by atoms with Crippen molar-refractivity contribution in [1.29, 1.82) is 0 Å². The van der Waals surface area contributed by atoms with Crippen LogP contribution in [0.4, 0.5) is 5.69 Å². The quantitative estimate of drug-likeness (QED) is 0.801. The Morgan fingerprint density at radius 3 is 2.29 bits per heavy atom. The van der Waals surface area contributed by atoms with E-state index in [4.69, 9.17) is 11.6 Å². The molecule has 3 rings (SSSR count). The maximum atomic E-state index is 12.3. The summed E-state index contributed by atoms with van der Waals surface area (Å²) >= 11 is 5.87. The summed E-state index contributed by atoms with van der Waals surface area (Å²) in [6, 6.07) is 7.07. The van der Waals surface area contributed by atoms with Crippen molar-refractivity contribution in [3.63, 3.8) is 0 Å². The molecule has 28 heavy (non-hydrogen) atoms. The molecular weight excluding hydrogens is 398 g/mol. The molecule has 0 bridgehead atoms. The normalized spacial score (nSPS) is 22.9. The number of nitrogens with zero attached hydrogens (tertiary/aromatic N) is 2. The summed E-state index contributed by atoms with van der Waals surface area (Å²) in [6.07, 6.45) is 5.06. The van der Waals surface area contributed by atoms with Crippen LogP contribution < -0.4 is 5.32 Å². The topological polar surface area (TPSA) is 69.7 Å². The lowest BCUT2D eigenvalue weighted by atomic mass is 9.69. The number of sulfonamides is 1. The van der Waals surface area contributed by atoms with Gasteiger partial charge in [-0.05, 0) is 82.3 Å². The van der Waals surface area contributed by atoms with Crippen molar-refractivity contribution >= 4 is 33.2 Å². The van der Waals surface area contributed by atoms with Crippen molar-refractivity contribution in [2.75, 3.05) is 37.8 Å². The molecule has 1 aromatic carbocycles. The van der Waals surface area contributed by atoms with Crippen LogP contribution >= 0.6 is 11.6 Å². The Labute approximate surface area is 173 Å². The summed E-state index contributed by atoms with van der Waals surface area (Å²) in [4.78, 5) is 14.5. The van der Waals surface area contributed by atoms with E-state index in [1.165, 1.54) is 6.26 Å². The first-order valence-electron chi connectivity index (χ1n) is 9.75. The van der Waals surface area contributed by atoms with E-state index in [0.29, 0.717) is 18.1 Å². The molecule has 8 heteroatoms. The number of hydrogen-bond donors (Lipinski definition) is 1. The highest BCUT2D eigenvalue weighted by Crippen LogP contribution is 2.45. The molecule has 0 atom stereocenters. The van der Waals surface area contributed by atoms with Gasteiger partial charge in [-0.3, -0.25) is 9.69 Å². The van der Waals surface area contributed by atoms with Gasteiger partial charge in [0.2, 0.25) is 15.9 Å². The second kappa shape index (κ2) is 7.94. The van der Waals surface area contributed by atoms with Gasteiger partial charge in [0, 0.05) is 22.8 Å². The van der Waals surface area contributed by atoms with E-state index in [2.05, 4.69) is 10.2 Å². The van der Waals surface area contributed by atoms with Gasteiger partial charge in [-0.25, -0.2) is 8.42 Å². The predicted octanol–water partition coefficient (Wildman–Crippen LogP) is 3.19. The van der Waals surface area contributed by atoms with Gasteiger partial charge in [0.05, 0.1) is 12.8 Å². The second-order valence-corrected chi connectivity index (χ2v) is 11.3. The largest absolute Gasteiger partial charge is 0.325 e. The SMILES string of the molecule is CC1(C)CCC2(CCN(CC(=O)Nc3ccc(Cl)cc3)CC2)CN1S(C)(=O)=O. The first-order chi connectivity index (χ1) is 13.0. The Hall–Kier alpha value is -1.15. The molecule has 0 aromatic heterocycles. The minimum Gasteiger partial charge on any atom is -0.325 e. The van der Waals surface area contributed by atoms with Crippen molar-refractivity contribution < 1.29 is 13.2 Å². The van der Waals surface area contributed by atoms with Gasteiger partial charge in [-0.1, -0.05) is 11.6 Å². The fourth-order valence-electron chi connectivity index (χ4n) is 4.39. The van der Waals surface area contributed by atoms with Crippen LogP contribution in [-0.4, -0.2) is 61.5 Å².